The molecule has 0 aliphatic heterocycles. The van der Waals surface area contributed by atoms with Gasteiger partial charge in [0.1, 0.15) is 0 Å². The molecule has 2 aromatic carbocycles. The average molecular weight is 397 g/mol. The van der Waals surface area contributed by atoms with Crippen molar-refractivity contribution in [1.82, 2.24) is 4.98 Å². The van der Waals surface area contributed by atoms with Gasteiger partial charge in [-0.25, -0.2) is 13.4 Å². The van der Waals surface area contributed by atoms with Crippen molar-refractivity contribution in [3.8, 4) is 0 Å². The van der Waals surface area contributed by atoms with E-state index >= 15 is 0 Å². The van der Waals surface area contributed by atoms with Crippen LogP contribution < -0.4 is 4.72 Å². The number of fused-ring (bicyclic) bond motifs is 1. The maximum Gasteiger partial charge on any atom is 0.261 e. The molecule has 0 saturated heterocycles. The molecule has 4 nitrogen and oxygen atoms in total. The van der Waals surface area contributed by atoms with E-state index in [1.807, 2.05) is 12.1 Å². The van der Waals surface area contributed by atoms with Crippen molar-refractivity contribution in [3.63, 3.8) is 0 Å². The zero-order chi connectivity index (χ0) is 15.7. The molecule has 3 aromatic rings. The Labute approximate surface area is 141 Å². The molecule has 0 aliphatic carbocycles. The van der Waals surface area contributed by atoms with Crippen LogP contribution in [0, 0.1) is 0 Å². The smallest absolute Gasteiger partial charge is 0.261 e. The topological polar surface area (TPSA) is 59.1 Å². The monoisotopic (exact) mass is 396 g/mol. The summed E-state index contributed by atoms with van der Waals surface area (Å²) in [7, 11) is -3.58. The molecule has 0 atom stereocenters. The van der Waals surface area contributed by atoms with E-state index in [9.17, 15) is 8.42 Å². The van der Waals surface area contributed by atoms with E-state index in [1.54, 1.807) is 41.7 Å². The van der Waals surface area contributed by atoms with E-state index < -0.39 is 10.0 Å². The SMILES string of the molecule is CCc1nc2ccc(NS(=O)(=O)c3ccc(Br)cc3)cc2s1. The van der Waals surface area contributed by atoms with E-state index in [2.05, 4.69) is 32.6 Å². The maximum atomic E-state index is 12.4. The molecule has 1 heterocycles. The lowest BCUT2D eigenvalue weighted by molar-refractivity contribution is 0.601. The summed E-state index contributed by atoms with van der Waals surface area (Å²) >= 11 is 4.88. The molecule has 0 saturated carbocycles. The molecule has 0 spiro atoms. The van der Waals surface area contributed by atoms with Gasteiger partial charge >= 0.3 is 0 Å². The van der Waals surface area contributed by atoms with Crippen LogP contribution in [0.3, 0.4) is 0 Å². The number of aromatic nitrogens is 1. The minimum atomic E-state index is -3.58. The van der Waals surface area contributed by atoms with Crippen LogP contribution in [0.2, 0.25) is 0 Å². The molecule has 0 aliphatic rings. The molecule has 1 aromatic heterocycles. The Morgan fingerprint density at radius 1 is 1.18 bits per heavy atom. The first-order chi connectivity index (χ1) is 10.5. The van der Waals surface area contributed by atoms with E-state index in [0.717, 1.165) is 26.1 Å². The van der Waals surface area contributed by atoms with E-state index in [1.165, 1.54) is 0 Å². The van der Waals surface area contributed by atoms with Crippen LogP contribution in [-0.2, 0) is 16.4 Å². The van der Waals surface area contributed by atoms with Gasteiger partial charge in [0.25, 0.3) is 10.0 Å². The third-order valence-corrected chi connectivity index (χ3v) is 6.20. The number of nitrogens with zero attached hydrogens (tertiary/aromatic N) is 1. The molecule has 1 N–H and O–H groups in total. The second kappa shape index (κ2) is 5.98. The molecule has 0 unspecified atom stereocenters. The predicted molar refractivity (Wildman–Crippen MR) is 93.9 cm³/mol. The first-order valence-corrected chi connectivity index (χ1v) is 9.75. The minimum Gasteiger partial charge on any atom is -0.280 e. The Bertz CT molecular complexity index is 918. The Kier molecular flexibility index (Phi) is 4.20. The molecular formula is C15H13BrN2O2S2. The van der Waals surface area contributed by atoms with E-state index in [-0.39, 0.29) is 4.90 Å². The number of halogens is 1. The Morgan fingerprint density at radius 3 is 2.59 bits per heavy atom. The summed E-state index contributed by atoms with van der Waals surface area (Å²) in [5, 5.41) is 1.04. The van der Waals surface area contributed by atoms with Crippen LogP contribution in [0.15, 0.2) is 51.8 Å². The van der Waals surface area contributed by atoms with E-state index in [0.29, 0.717) is 5.69 Å². The molecular weight excluding hydrogens is 384 g/mol. The second-order valence-electron chi connectivity index (χ2n) is 4.70. The standard InChI is InChI=1S/C15H13BrN2O2S2/c1-2-15-17-13-8-5-11(9-14(13)21-15)18-22(19,20)12-6-3-10(16)4-7-12/h3-9,18H,2H2,1H3. The third-order valence-electron chi connectivity index (χ3n) is 3.11. The van der Waals surface area contributed by atoms with Crippen LogP contribution in [-0.4, -0.2) is 13.4 Å². The van der Waals surface area contributed by atoms with Crippen molar-refractivity contribution < 1.29 is 8.42 Å². The van der Waals surface area contributed by atoms with Crippen LogP contribution in [0.1, 0.15) is 11.9 Å². The number of rotatable bonds is 4. The lowest BCUT2D eigenvalue weighted by Gasteiger charge is -2.08. The fourth-order valence-electron chi connectivity index (χ4n) is 2.01. The summed E-state index contributed by atoms with van der Waals surface area (Å²) in [4.78, 5) is 4.70. The average Bonchev–Trinajstić information content (AvgIpc) is 2.89. The number of aryl methyl sites for hydroxylation is 1. The molecule has 0 bridgehead atoms. The van der Waals surface area contributed by atoms with Gasteiger partial charge in [-0.2, -0.15) is 0 Å². The van der Waals surface area contributed by atoms with Crippen molar-refractivity contribution in [3.05, 3.63) is 51.9 Å². The van der Waals surface area contributed by atoms with Crippen LogP contribution in [0.4, 0.5) is 5.69 Å². The summed E-state index contributed by atoms with van der Waals surface area (Å²) in [6, 6.07) is 11.9. The van der Waals surface area contributed by atoms with Gasteiger partial charge in [-0.3, -0.25) is 4.72 Å². The third kappa shape index (κ3) is 3.16. The van der Waals surface area contributed by atoms with Gasteiger partial charge in [0.2, 0.25) is 0 Å². The van der Waals surface area contributed by atoms with Gasteiger partial charge in [0, 0.05) is 4.47 Å². The number of thiazole rings is 1. The number of anilines is 1. The zero-order valence-corrected chi connectivity index (χ0v) is 14.9. The van der Waals surface area contributed by atoms with Crippen molar-refractivity contribution in [1.29, 1.82) is 0 Å². The lowest BCUT2D eigenvalue weighted by Crippen LogP contribution is -2.12. The van der Waals surface area contributed by atoms with Crippen molar-refractivity contribution in [2.45, 2.75) is 18.2 Å². The van der Waals surface area contributed by atoms with Crippen molar-refractivity contribution >= 4 is 53.2 Å². The quantitative estimate of drug-likeness (QED) is 0.709. The van der Waals surface area contributed by atoms with Crippen molar-refractivity contribution in [2.24, 2.45) is 0 Å². The normalized spacial score (nSPS) is 11.7. The molecule has 7 heteroatoms. The highest BCUT2D eigenvalue weighted by molar-refractivity contribution is 9.10. The molecule has 3 rings (SSSR count). The van der Waals surface area contributed by atoms with Crippen LogP contribution in [0.5, 0.6) is 0 Å². The van der Waals surface area contributed by atoms with Gasteiger partial charge in [0.15, 0.2) is 0 Å². The van der Waals surface area contributed by atoms with Gasteiger partial charge in [-0.15, -0.1) is 11.3 Å². The molecule has 0 fully saturated rings. The highest BCUT2D eigenvalue weighted by atomic mass is 79.9. The highest BCUT2D eigenvalue weighted by Crippen LogP contribution is 2.27. The Balaban J connectivity index is 1.92. The number of sulfonamides is 1. The van der Waals surface area contributed by atoms with Gasteiger partial charge in [-0.05, 0) is 48.9 Å². The fourth-order valence-corrected chi connectivity index (χ4v) is 4.28. The summed E-state index contributed by atoms with van der Waals surface area (Å²) in [6.45, 7) is 2.05. The fraction of sp³-hybridized carbons (Fsp3) is 0.133. The highest BCUT2D eigenvalue weighted by Gasteiger charge is 2.14. The summed E-state index contributed by atoms with van der Waals surface area (Å²) in [5.41, 5.74) is 1.44. The summed E-state index contributed by atoms with van der Waals surface area (Å²) in [5.74, 6) is 0. The van der Waals surface area contributed by atoms with Crippen LogP contribution in [0.25, 0.3) is 10.2 Å². The van der Waals surface area contributed by atoms with Crippen molar-refractivity contribution in [2.75, 3.05) is 4.72 Å². The number of hydrogen-bond acceptors (Lipinski definition) is 4. The predicted octanol–water partition coefficient (Wildman–Crippen LogP) is 4.42. The molecule has 114 valence electrons. The molecule has 0 amide bonds. The second-order valence-corrected chi connectivity index (χ2v) is 8.42. The largest absolute Gasteiger partial charge is 0.280 e. The first-order valence-electron chi connectivity index (χ1n) is 6.66. The lowest BCUT2D eigenvalue weighted by atomic mass is 10.3. The van der Waals surface area contributed by atoms with E-state index in [4.69, 9.17) is 0 Å². The zero-order valence-electron chi connectivity index (χ0n) is 11.7. The molecule has 22 heavy (non-hydrogen) atoms. The summed E-state index contributed by atoms with van der Waals surface area (Å²) < 4.78 is 29.2. The van der Waals surface area contributed by atoms with Gasteiger partial charge < -0.3 is 0 Å². The number of nitrogens with one attached hydrogen (secondary N) is 1. The van der Waals surface area contributed by atoms with Crippen LogP contribution >= 0.6 is 27.3 Å². The molecule has 0 radical (unpaired) electrons. The van der Waals surface area contributed by atoms with Gasteiger partial charge in [-0.1, -0.05) is 22.9 Å². The minimum absolute atomic E-state index is 0.231. The number of hydrogen-bond donors (Lipinski definition) is 1. The Hall–Kier alpha value is -1.44. The summed E-state index contributed by atoms with van der Waals surface area (Å²) in [6.07, 6.45) is 0.874. The maximum absolute atomic E-state index is 12.4. The first kappa shape index (κ1) is 15.5. The number of benzene rings is 2. The van der Waals surface area contributed by atoms with Gasteiger partial charge in [0.05, 0.1) is 25.8 Å². The Morgan fingerprint density at radius 2 is 1.91 bits per heavy atom.